The molecular weight excluding hydrogens is 286 g/mol. The van der Waals surface area contributed by atoms with Gasteiger partial charge in [-0.15, -0.1) is 0 Å². The molecule has 0 bridgehead atoms. The molecule has 0 unspecified atom stereocenters. The summed E-state index contributed by atoms with van der Waals surface area (Å²) in [6.45, 7) is 4.00. The minimum Gasteiger partial charge on any atom is -0.501 e. The molecule has 1 saturated carbocycles. The molecule has 4 rings (SSSR count). The first-order chi connectivity index (χ1) is 11.4. The van der Waals surface area contributed by atoms with Crippen molar-refractivity contribution in [3.8, 4) is 0 Å². The van der Waals surface area contributed by atoms with Gasteiger partial charge in [-0.05, 0) is 31.3 Å². The second kappa shape index (κ2) is 7.00. The third-order valence-electron chi connectivity index (χ3n) is 5.44. The Morgan fingerprint density at radius 1 is 1.13 bits per heavy atom. The van der Waals surface area contributed by atoms with E-state index in [9.17, 15) is 0 Å². The summed E-state index contributed by atoms with van der Waals surface area (Å²) >= 11 is 0. The Hall–Kier alpha value is -1.42. The Morgan fingerprint density at radius 3 is 2.87 bits per heavy atom. The van der Waals surface area contributed by atoms with Crippen molar-refractivity contribution in [3.05, 3.63) is 35.1 Å². The maximum absolute atomic E-state index is 5.46. The molecule has 2 aliphatic heterocycles. The molecule has 1 aromatic rings. The Labute approximate surface area is 139 Å². The van der Waals surface area contributed by atoms with E-state index in [0.717, 1.165) is 44.9 Å². The highest BCUT2D eigenvalue weighted by atomic mass is 16.5. The fraction of sp³-hybridized carbons (Fsp3) is 0.684. The van der Waals surface area contributed by atoms with Crippen LogP contribution in [-0.4, -0.2) is 34.6 Å². The van der Waals surface area contributed by atoms with Crippen LogP contribution in [0.5, 0.6) is 0 Å². The molecule has 1 aliphatic carbocycles. The highest BCUT2D eigenvalue weighted by Gasteiger charge is 2.23. The number of ether oxygens (including phenoxy) is 1. The minimum absolute atomic E-state index is 0.608. The van der Waals surface area contributed by atoms with Crippen molar-refractivity contribution in [2.45, 2.75) is 63.8 Å². The van der Waals surface area contributed by atoms with E-state index in [1.54, 1.807) is 0 Å². The Balaban J connectivity index is 1.42. The number of nitrogens with zero attached hydrogens (tertiary/aromatic N) is 3. The third kappa shape index (κ3) is 3.57. The first-order valence-electron chi connectivity index (χ1n) is 9.25. The van der Waals surface area contributed by atoms with Crippen LogP contribution in [0.4, 0.5) is 0 Å². The molecule has 0 atom stereocenters. The van der Waals surface area contributed by atoms with Gasteiger partial charge in [0.2, 0.25) is 0 Å². The van der Waals surface area contributed by atoms with Gasteiger partial charge < -0.3 is 4.74 Å². The molecule has 3 heterocycles. The van der Waals surface area contributed by atoms with Gasteiger partial charge in [-0.1, -0.05) is 19.3 Å². The van der Waals surface area contributed by atoms with Gasteiger partial charge in [0.05, 0.1) is 12.9 Å². The maximum atomic E-state index is 5.46. The molecule has 4 nitrogen and oxygen atoms in total. The van der Waals surface area contributed by atoms with E-state index in [-0.39, 0.29) is 0 Å². The molecule has 0 spiro atoms. The van der Waals surface area contributed by atoms with Crippen LogP contribution in [0, 0.1) is 0 Å². The molecule has 0 aromatic carbocycles. The standard InChI is InChI=1S/C19H27N3O/c1-2-6-16(7-3-1)19-20-11-17-13-22(9-8-18(17)21-19)12-15-5-4-10-23-14-15/h11,14,16H,1-10,12-13H2. The van der Waals surface area contributed by atoms with Crippen molar-refractivity contribution in [2.24, 2.45) is 0 Å². The van der Waals surface area contributed by atoms with Crippen LogP contribution < -0.4 is 0 Å². The summed E-state index contributed by atoms with van der Waals surface area (Å²) in [6.07, 6.45) is 14.1. The number of fused-ring (bicyclic) bond motifs is 1. The van der Waals surface area contributed by atoms with Crippen LogP contribution >= 0.6 is 0 Å². The van der Waals surface area contributed by atoms with E-state index in [0.29, 0.717) is 5.92 Å². The summed E-state index contributed by atoms with van der Waals surface area (Å²) < 4.78 is 5.46. The highest BCUT2D eigenvalue weighted by Crippen LogP contribution is 2.31. The Kier molecular flexibility index (Phi) is 4.60. The summed E-state index contributed by atoms with van der Waals surface area (Å²) in [4.78, 5) is 12.2. The van der Waals surface area contributed by atoms with Gasteiger partial charge in [-0.2, -0.15) is 0 Å². The lowest BCUT2D eigenvalue weighted by Gasteiger charge is -2.30. The minimum atomic E-state index is 0.608. The zero-order chi connectivity index (χ0) is 15.5. The van der Waals surface area contributed by atoms with Gasteiger partial charge in [0.25, 0.3) is 0 Å². The largest absolute Gasteiger partial charge is 0.501 e. The van der Waals surface area contributed by atoms with Crippen LogP contribution in [0.1, 0.15) is 67.9 Å². The SMILES string of the molecule is C1=C(CN2CCc3nc(C4CCCCC4)ncc3C2)CCCO1. The van der Waals surface area contributed by atoms with Crippen LogP contribution in [0.3, 0.4) is 0 Å². The molecular formula is C19H27N3O. The predicted molar refractivity (Wildman–Crippen MR) is 90.1 cm³/mol. The van der Waals surface area contributed by atoms with E-state index in [4.69, 9.17) is 14.7 Å². The second-order valence-electron chi connectivity index (χ2n) is 7.25. The van der Waals surface area contributed by atoms with Gasteiger partial charge in [-0.25, -0.2) is 9.97 Å². The second-order valence-corrected chi connectivity index (χ2v) is 7.25. The maximum Gasteiger partial charge on any atom is 0.131 e. The van der Waals surface area contributed by atoms with E-state index in [1.165, 1.54) is 55.4 Å². The summed E-state index contributed by atoms with van der Waals surface area (Å²) in [5.41, 5.74) is 4.05. The van der Waals surface area contributed by atoms with E-state index >= 15 is 0 Å². The fourth-order valence-electron chi connectivity index (χ4n) is 4.10. The van der Waals surface area contributed by atoms with Crippen LogP contribution in [0.25, 0.3) is 0 Å². The first kappa shape index (κ1) is 15.1. The number of aromatic nitrogens is 2. The van der Waals surface area contributed by atoms with Crippen molar-refractivity contribution < 1.29 is 4.74 Å². The quantitative estimate of drug-likeness (QED) is 0.855. The summed E-state index contributed by atoms with van der Waals surface area (Å²) in [5.74, 6) is 1.72. The smallest absolute Gasteiger partial charge is 0.131 e. The van der Waals surface area contributed by atoms with Crippen LogP contribution in [0.2, 0.25) is 0 Å². The molecule has 0 saturated heterocycles. The number of hydrogen-bond acceptors (Lipinski definition) is 4. The zero-order valence-electron chi connectivity index (χ0n) is 14.0. The average molecular weight is 313 g/mol. The molecule has 3 aliphatic rings. The van der Waals surface area contributed by atoms with E-state index < -0.39 is 0 Å². The fourth-order valence-corrected chi connectivity index (χ4v) is 4.10. The zero-order valence-corrected chi connectivity index (χ0v) is 14.0. The van der Waals surface area contributed by atoms with Crippen molar-refractivity contribution in [3.63, 3.8) is 0 Å². The summed E-state index contributed by atoms with van der Waals surface area (Å²) in [7, 11) is 0. The van der Waals surface area contributed by atoms with Crippen LogP contribution in [-0.2, 0) is 17.7 Å². The lowest BCUT2D eigenvalue weighted by atomic mass is 9.88. The lowest BCUT2D eigenvalue weighted by molar-refractivity contribution is 0.208. The first-order valence-corrected chi connectivity index (χ1v) is 9.25. The number of hydrogen-bond donors (Lipinski definition) is 0. The molecule has 0 N–H and O–H groups in total. The molecule has 124 valence electrons. The van der Waals surface area contributed by atoms with Crippen molar-refractivity contribution >= 4 is 0 Å². The van der Waals surface area contributed by atoms with Crippen molar-refractivity contribution in [1.29, 1.82) is 0 Å². The average Bonchev–Trinajstić information content (AvgIpc) is 2.63. The predicted octanol–water partition coefficient (Wildman–Crippen LogP) is 3.58. The third-order valence-corrected chi connectivity index (χ3v) is 5.44. The molecule has 1 fully saturated rings. The normalized spacial score (nSPS) is 23.0. The molecule has 23 heavy (non-hydrogen) atoms. The Morgan fingerprint density at radius 2 is 2.04 bits per heavy atom. The monoisotopic (exact) mass is 313 g/mol. The summed E-state index contributed by atoms with van der Waals surface area (Å²) in [6, 6.07) is 0. The van der Waals surface area contributed by atoms with Gasteiger partial charge in [0, 0.05) is 49.4 Å². The number of rotatable bonds is 3. The molecule has 0 radical (unpaired) electrons. The van der Waals surface area contributed by atoms with E-state index in [1.807, 2.05) is 6.26 Å². The van der Waals surface area contributed by atoms with Gasteiger partial charge in [0.1, 0.15) is 5.82 Å². The topological polar surface area (TPSA) is 38.2 Å². The summed E-state index contributed by atoms with van der Waals surface area (Å²) in [5, 5.41) is 0. The van der Waals surface area contributed by atoms with Crippen LogP contribution in [0.15, 0.2) is 18.0 Å². The lowest BCUT2D eigenvalue weighted by Crippen LogP contribution is -2.33. The Bertz CT molecular complexity index is 578. The van der Waals surface area contributed by atoms with Gasteiger partial charge >= 0.3 is 0 Å². The molecule has 4 heteroatoms. The van der Waals surface area contributed by atoms with Gasteiger partial charge in [0.15, 0.2) is 0 Å². The highest BCUT2D eigenvalue weighted by molar-refractivity contribution is 5.22. The van der Waals surface area contributed by atoms with E-state index in [2.05, 4.69) is 11.1 Å². The van der Waals surface area contributed by atoms with Crippen molar-refractivity contribution in [2.75, 3.05) is 19.7 Å². The molecule has 0 amide bonds. The van der Waals surface area contributed by atoms with Crippen molar-refractivity contribution in [1.82, 2.24) is 14.9 Å². The molecule has 1 aromatic heterocycles. The van der Waals surface area contributed by atoms with Gasteiger partial charge in [-0.3, -0.25) is 4.90 Å².